The lowest BCUT2D eigenvalue weighted by atomic mass is 9.89. The summed E-state index contributed by atoms with van der Waals surface area (Å²) in [5.74, 6) is -0.764. The van der Waals surface area contributed by atoms with Gasteiger partial charge in [-0.15, -0.1) is 0 Å². The second-order valence-electron chi connectivity index (χ2n) is 7.28. The molecule has 0 unspecified atom stereocenters. The highest BCUT2D eigenvalue weighted by molar-refractivity contribution is 6.30. The van der Waals surface area contributed by atoms with Crippen LogP contribution in [0, 0.1) is 19.3 Å². The van der Waals surface area contributed by atoms with Gasteiger partial charge in [0.25, 0.3) is 0 Å². The maximum atomic E-state index is 11.4. The average Bonchev–Trinajstić information content (AvgIpc) is 2.53. The average molecular weight is 360 g/mol. The third-order valence-corrected chi connectivity index (χ3v) is 4.82. The number of carboxylic acids is 1. The first-order chi connectivity index (χ1) is 11.7. The molecule has 0 heterocycles. The van der Waals surface area contributed by atoms with Crippen molar-refractivity contribution in [3.63, 3.8) is 0 Å². The van der Waals surface area contributed by atoms with Gasteiger partial charge in [-0.05, 0) is 63.4 Å². The Balaban J connectivity index is 2.27. The highest BCUT2D eigenvalue weighted by atomic mass is 35.5. The Labute approximate surface area is 155 Å². The molecule has 25 heavy (non-hydrogen) atoms. The number of carbonyl (C=O) groups is 1. The molecule has 2 aromatic carbocycles. The van der Waals surface area contributed by atoms with Crippen LogP contribution >= 0.6 is 11.6 Å². The largest absolute Gasteiger partial charge is 0.481 e. The first-order valence-electron chi connectivity index (χ1n) is 8.49. The van der Waals surface area contributed by atoms with Gasteiger partial charge in [0.2, 0.25) is 0 Å². The molecule has 0 aromatic heterocycles. The van der Waals surface area contributed by atoms with Crippen LogP contribution in [-0.2, 0) is 11.3 Å². The molecule has 0 aliphatic rings. The molecule has 0 aliphatic carbocycles. The molecule has 0 aliphatic heterocycles. The molecule has 2 aromatic rings. The highest BCUT2D eigenvalue weighted by Gasteiger charge is 2.27. The minimum atomic E-state index is -0.764. The standard InChI is InChI=1S/C21H26ClNO2/c1-15-5-10-19(16(2)13-15)23(12-11-21(3,4)20(24)25)14-17-6-8-18(22)9-7-17/h5-10,13H,11-12,14H2,1-4H3,(H,24,25). The van der Waals surface area contributed by atoms with Crippen LogP contribution in [0.25, 0.3) is 0 Å². The van der Waals surface area contributed by atoms with E-state index in [-0.39, 0.29) is 0 Å². The van der Waals surface area contributed by atoms with Crippen molar-refractivity contribution >= 4 is 23.3 Å². The Hall–Kier alpha value is -2.00. The molecule has 3 nitrogen and oxygen atoms in total. The van der Waals surface area contributed by atoms with Gasteiger partial charge in [-0.25, -0.2) is 0 Å². The number of hydrogen-bond acceptors (Lipinski definition) is 2. The molecule has 0 bridgehead atoms. The zero-order valence-corrected chi connectivity index (χ0v) is 16.1. The van der Waals surface area contributed by atoms with E-state index in [1.54, 1.807) is 13.8 Å². The van der Waals surface area contributed by atoms with Crippen LogP contribution in [0.4, 0.5) is 5.69 Å². The molecule has 2 rings (SSSR count). The molecule has 0 saturated carbocycles. The van der Waals surface area contributed by atoms with E-state index in [4.69, 9.17) is 11.6 Å². The fourth-order valence-corrected chi connectivity index (χ4v) is 2.90. The van der Waals surface area contributed by atoms with Gasteiger partial charge in [0.15, 0.2) is 0 Å². The fraction of sp³-hybridized carbons (Fsp3) is 0.381. The second-order valence-corrected chi connectivity index (χ2v) is 7.71. The van der Waals surface area contributed by atoms with Crippen LogP contribution in [0.15, 0.2) is 42.5 Å². The lowest BCUT2D eigenvalue weighted by Gasteiger charge is -2.30. The zero-order valence-electron chi connectivity index (χ0n) is 15.3. The van der Waals surface area contributed by atoms with Gasteiger partial charge in [0.1, 0.15) is 0 Å². The minimum Gasteiger partial charge on any atom is -0.481 e. The van der Waals surface area contributed by atoms with Crippen LogP contribution in [0.3, 0.4) is 0 Å². The van der Waals surface area contributed by atoms with Crippen LogP contribution in [-0.4, -0.2) is 17.6 Å². The summed E-state index contributed by atoms with van der Waals surface area (Å²) in [7, 11) is 0. The summed E-state index contributed by atoms with van der Waals surface area (Å²) in [6.45, 7) is 9.12. The van der Waals surface area contributed by atoms with E-state index in [0.717, 1.165) is 17.8 Å². The number of halogens is 1. The van der Waals surface area contributed by atoms with Gasteiger partial charge in [-0.3, -0.25) is 4.79 Å². The molecule has 0 fully saturated rings. The molecular formula is C21H26ClNO2. The second kappa shape index (κ2) is 7.92. The smallest absolute Gasteiger partial charge is 0.309 e. The first kappa shape index (κ1) is 19.3. The van der Waals surface area contributed by atoms with Crippen molar-refractivity contribution in [2.45, 2.75) is 40.7 Å². The monoisotopic (exact) mass is 359 g/mol. The van der Waals surface area contributed by atoms with E-state index < -0.39 is 11.4 Å². The topological polar surface area (TPSA) is 40.5 Å². The third-order valence-electron chi connectivity index (χ3n) is 4.57. The van der Waals surface area contributed by atoms with Crippen molar-refractivity contribution in [1.82, 2.24) is 0 Å². The lowest BCUT2D eigenvalue weighted by molar-refractivity contribution is -0.147. The Kier molecular flexibility index (Phi) is 6.12. The lowest BCUT2D eigenvalue weighted by Crippen LogP contribution is -2.32. The van der Waals surface area contributed by atoms with E-state index in [1.165, 1.54) is 11.1 Å². The molecule has 0 amide bonds. The van der Waals surface area contributed by atoms with Gasteiger partial charge in [-0.2, -0.15) is 0 Å². The van der Waals surface area contributed by atoms with E-state index >= 15 is 0 Å². The SMILES string of the molecule is Cc1ccc(N(CCC(C)(C)C(=O)O)Cc2ccc(Cl)cc2)c(C)c1. The molecule has 0 atom stereocenters. The Bertz CT molecular complexity index is 738. The van der Waals surface area contributed by atoms with E-state index in [9.17, 15) is 9.90 Å². The van der Waals surface area contributed by atoms with Gasteiger partial charge in [0, 0.05) is 23.8 Å². The predicted molar refractivity (Wildman–Crippen MR) is 104 cm³/mol. The Morgan fingerprint density at radius 2 is 1.76 bits per heavy atom. The van der Waals surface area contributed by atoms with Crippen molar-refractivity contribution < 1.29 is 9.90 Å². The summed E-state index contributed by atoms with van der Waals surface area (Å²) in [4.78, 5) is 13.7. The number of rotatable bonds is 7. The number of carboxylic acid groups (broad SMARTS) is 1. The van der Waals surface area contributed by atoms with E-state index in [1.807, 2.05) is 24.3 Å². The van der Waals surface area contributed by atoms with E-state index in [0.29, 0.717) is 18.0 Å². The van der Waals surface area contributed by atoms with Crippen molar-refractivity contribution in [3.8, 4) is 0 Å². The summed E-state index contributed by atoms with van der Waals surface area (Å²) in [6, 6.07) is 14.2. The maximum absolute atomic E-state index is 11.4. The molecule has 0 radical (unpaired) electrons. The Morgan fingerprint density at radius 3 is 2.32 bits per heavy atom. The van der Waals surface area contributed by atoms with Crippen LogP contribution in [0.5, 0.6) is 0 Å². The predicted octanol–water partition coefficient (Wildman–Crippen LogP) is 5.46. The number of aryl methyl sites for hydroxylation is 2. The van der Waals surface area contributed by atoms with Crippen LogP contribution in [0.1, 0.15) is 37.0 Å². The fourth-order valence-electron chi connectivity index (χ4n) is 2.78. The summed E-state index contributed by atoms with van der Waals surface area (Å²) in [6.07, 6.45) is 0.573. The van der Waals surface area contributed by atoms with Gasteiger partial charge in [0.05, 0.1) is 5.41 Å². The number of anilines is 1. The summed E-state index contributed by atoms with van der Waals surface area (Å²) in [5, 5.41) is 10.1. The molecule has 0 spiro atoms. The van der Waals surface area contributed by atoms with Gasteiger partial charge >= 0.3 is 5.97 Å². The Morgan fingerprint density at radius 1 is 1.12 bits per heavy atom. The summed E-state index contributed by atoms with van der Waals surface area (Å²) < 4.78 is 0. The quantitative estimate of drug-likeness (QED) is 0.713. The number of aliphatic carboxylic acids is 1. The number of benzene rings is 2. The maximum Gasteiger partial charge on any atom is 0.309 e. The normalized spacial score (nSPS) is 11.4. The van der Waals surface area contributed by atoms with E-state index in [2.05, 4.69) is 36.9 Å². The van der Waals surface area contributed by atoms with Gasteiger partial charge in [-0.1, -0.05) is 41.4 Å². The summed E-state index contributed by atoms with van der Waals surface area (Å²) in [5.41, 5.74) is 3.96. The molecule has 0 saturated heterocycles. The highest BCUT2D eigenvalue weighted by Crippen LogP contribution is 2.27. The molecule has 1 N–H and O–H groups in total. The molecular weight excluding hydrogens is 334 g/mol. The van der Waals surface area contributed by atoms with Gasteiger partial charge < -0.3 is 10.0 Å². The van der Waals surface area contributed by atoms with Crippen molar-refractivity contribution in [2.75, 3.05) is 11.4 Å². The first-order valence-corrected chi connectivity index (χ1v) is 8.87. The van der Waals surface area contributed by atoms with Crippen molar-refractivity contribution in [1.29, 1.82) is 0 Å². The molecule has 134 valence electrons. The summed E-state index contributed by atoms with van der Waals surface area (Å²) >= 11 is 5.98. The number of hydrogen-bond donors (Lipinski definition) is 1. The minimum absolute atomic E-state index is 0.573. The van der Waals surface area contributed by atoms with Crippen LogP contribution in [0.2, 0.25) is 5.02 Å². The number of nitrogens with zero attached hydrogens (tertiary/aromatic N) is 1. The molecule has 4 heteroatoms. The third kappa shape index (κ3) is 5.23. The van der Waals surface area contributed by atoms with Crippen LogP contribution < -0.4 is 4.90 Å². The van der Waals surface area contributed by atoms with Crippen molar-refractivity contribution in [3.05, 3.63) is 64.2 Å². The zero-order chi connectivity index (χ0) is 18.6. The van der Waals surface area contributed by atoms with Crippen molar-refractivity contribution in [2.24, 2.45) is 5.41 Å².